The number of amides is 2. The molecule has 0 spiro atoms. The Bertz CT molecular complexity index is 1060. The molecule has 7 heteroatoms. The molecule has 3 N–H and O–H groups in total. The van der Waals surface area contributed by atoms with Gasteiger partial charge in [0.25, 0.3) is 0 Å². The van der Waals surface area contributed by atoms with Crippen molar-refractivity contribution in [2.75, 3.05) is 0 Å². The highest BCUT2D eigenvalue weighted by Gasteiger charge is 2.27. The van der Waals surface area contributed by atoms with Crippen LogP contribution in [0.4, 0.5) is 9.18 Å². The number of aromatic nitrogens is 1. The van der Waals surface area contributed by atoms with Crippen LogP contribution >= 0.6 is 0 Å². The normalized spacial score (nSPS) is 15.7. The van der Waals surface area contributed by atoms with Crippen molar-refractivity contribution in [3.05, 3.63) is 71.2 Å². The minimum absolute atomic E-state index is 0.0922. The van der Waals surface area contributed by atoms with Gasteiger partial charge >= 0.3 is 12.0 Å². The minimum atomic E-state index is -0.936. The molecule has 0 saturated heterocycles. The van der Waals surface area contributed by atoms with Gasteiger partial charge in [-0.2, -0.15) is 0 Å². The van der Waals surface area contributed by atoms with E-state index in [1.165, 1.54) is 12.1 Å². The number of nitrogens with one attached hydrogen (secondary N) is 2. The van der Waals surface area contributed by atoms with Gasteiger partial charge in [0.2, 0.25) is 0 Å². The molecule has 0 unspecified atom stereocenters. The third-order valence-electron chi connectivity index (χ3n) is 5.35. The van der Waals surface area contributed by atoms with E-state index in [4.69, 9.17) is 0 Å². The number of rotatable bonds is 5. The van der Waals surface area contributed by atoms with Gasteiger partial charge in [0.15, 0.2) is 0 Å². The average Bonchev–Trinajstić information content (AvgIpc) is 2.99. The third-order valence-corrected chi connectivity index (χ3v) is 5.35. The summed E-state index contributed by atoms with van der Waals surface area (Å²) in [5, 5.41) is 15.8. The van der Waals surface area contributed by atoms with Gasteiger partial charge in [0, 0.05) is 29.2 Å². The number of carboxylic acids is 1. The first-order valence-corrected chi connectivity index (χ1v) is 9.61. The van der Waals surface area contributed by atoms with Gasteiger partial charge in [-0.05, 0) is 48.6 Å². The van der Waals surface area contributed by atoms with Gasteiger partial charge in [-0.25, -0.2) is 9.18 Å². The molecule has 4 rings (SSSR count). The number of hydrogen-bond acceptors (Lipinski definition) is 2. The monoisotopic (exact) mass is 395 g/mol. The number of hydrogen-bond donors (Lipinski definition) is 3. The standard InChI is InChI=1S/C22H22FN3O3/c23-15-6-8-19-17(10-15)18-11-16(7-9-20(18)26(19)13-21(27)28)25-22(29)24-12-14-4-2-1-3-5-14/h1-6,8,10,16H,7,9,11-13H2,(H,27,28)(H2,24,25,29)/t16-/m0/s1. The van der Waals surface area contributed by atoms with E-state index in [9.17, 15) is 19.1 Å². The number of carbonyl (C=O) groups is 2. The first-order valence-electron chi connectivity index (χ1n) is 9.61. The molecular weight excluding hydrogens is 373 g/mol. The third kappa shape index (κ3) is 4.08. The highest BCUT2D eigenvalue weighted by Crippen LogP contribution is 2.32. The van der Waals surface area contributed by atoms with Crippen molar-refractivity contribution in [1.29, 1.82) is 0 Å². The fourth-order valence-electron chi connectivity index (χ4n) is 4.08. The number of benzene rings is 2. The molecule has 2 amide bonds. The van der Waals surface area contributed by atoms with E-state index in [1.54, 1.807) is 10.6 Å². The second-order valence-electron chi connectivity index (χ2n) is 7.32. The molecule has 1 atom stereocenters. The summed E-state index contributed by atoms with van der Waals surface area (Å²) in [6.45, 7) is 0.279. The zero-order valence-electron chi connectivity index (χ0n) is 15.8. The summed E-state index contributed by atoms with van der Waals surface area (Å²) < 4.78 is 15.6. The smallest absolute Gasteiger partial charge is 0.323 e. The van der Waals surface area contributed by atoms with Crippen molar-refractivity contribution in [2.45, 2.75) is 38.4 Å². The van der Waals surface area contributed by atoms with E-state index in [2.05, 4.69) is 10.6 Å². The molecule has 0 radical (unpaired) electrons. The van der Waals surface area contributed by atoms with Crippen LogP contribution in [0.5, 0.6) is 0 Å². The van der Waals surface area contributed by atoms with E-state index >= 15 is 0 Å². The molecule has 2 aromatic carbocycles. The largest absolute Gasteiger partial charge is 0.480 e. The molecule has 6 nitrogen and oxygen atoms in total. The summed E-state index contributed by atoms with van der Waals surface area (Å²) in [6.07, 6.45) is 1.87. The lowest BCUT2D eigenvalue weighted by Crippen LogP contribution is -2.44. The van der Waals surface area contributed by atoms with Crippen LogP contribution in [0.25, 0.3) is 10.9 Å². The van der Waals surface area contributed by atoms with Crippen LogP contribution in [-0.4, -0.2) is 27.7 Å². The summed E-state index contributed by atoms with van der Waals surface area (Å²) in [4.78, 5) is 23.6. The Balaban J connectivity index is 1.50. The maximum Gasteiger partial charge on any atom is 0.323 e. The second kappa shape index (κ2) is 7.95. The Morgan fingerprint density at radius 2 is 1.97 bits per heavy atom. The van der Waals surface area contributed by atoms with E-state index in [1.807, 2.05) is 30.3 Å². The van der Waals surface area contributed by atoms with E-state index in [0.717, 1.165) is 22.2 Å². The summed E-state index contributed by atoms with van der Waals surface area (Å²) in [6, 6.07) is 13.7. The van der Waals surface area contributed by atoms with Gasteiger partial charge in [0.05, 0.1) is 0 Å². The first kappa shape index (κ1) is 19.0. The molecule has 0 bridgehead atoms. The van der Waals surface area contributed by atoms with Crippen molar-refractivity contribution in [3.8, 4) is 0 Å². The van der Waals surface area contributed by atoms with E-state index < -0.39 is 5.97 Å². The van der Waals surface area contributed by atoms with Crippen LogP contribution in [0, 0.1) is 5.82 Å². The maximum absolute atomic E-state index is 13.8. The summed E-state index contributed by atoms with van der Waals surface area (Å²) in [5.74, 6) is -1.29. The Morgan fingerprint density at radius 1 is 1.17 bits per heavy atom. The van der Waals surface area contributed by atoms with Crippen LogP contribution in [0.2, 0.25) is 0 Å². The summed E-state index contributed by atoms with van der Waals surface area (Å²) in [7, 11) is 0. The zero-order chi connectivity index (χ0) is 20.4. The molecule has 3 aromatic rings. The topological polar surface area (TPSA) is 83.4 Å². The lowest BCUT2D eigenvalue weighted by molar-refractivity contribution is -0.137. The number of fused-ring (bicyclic) bond motifs is 3. The Labute approximate surface area is 167 Å². The summed E-state index contributed by atoms with van der Waals surface area (Å²) >= 11 is 0. The Hall–Kier alpha value is -3.35. The van der Waals surface area contributed by atoms with Crippen LogP contribution < -0.4 is 10.6 Å². The molecule has 1 aliphatic carbocycles. The number of urea groups is 1. The van der Waals surface area contributed by atoms with Gasteiger partial charge in [-0.1, -0.05) is 30.3 Å². The van der Waals surface area contributed by atoms with Gasteiger partial charge in [-0.15, -0.1) is 0 Å². The van der Waals surface area contributed by atoms with Crippen molar-refractivity contribution < 1.29 is 19.1 Å². The maximum atomic E-state index is 13.8. The molecule has 1 heterocycles. The number of aliphatic carboxylic acids is 1. The van der Waals surface area contributed by atoms with Crippen LogP contribution in [0.15, 0.2) is 48.5 Å². The van der Waals surface area contributed by atoms with Gasteiger partial charge in [-0.3, -0.25) is 4.79 Å². The first-order chi connectivity index (χ1) is 14.0. The van der Waals surface area contributed by atoms with Crippen LogP contribution in [0.3, 0.4) is 0 Å². The fraction of sp³-hybridized carbons (Fsp3) is 0.273. The summed E-state index contributed by atoms with van der Waals surface area (Å²) in [5.41, 5.74) is 3.56. The number of nitrogens with zero attached hydrogens (tertiary/aromatic N) is 1. The van der Waals surface area contributed by atoms with Gasteiger partial charge in [0.1, 0.15) is 12.4 Å². The second-order valence-corrected chi connectivity index (χ2v) is 7.32. The molecule has 0 fully saturated rings. The molecule has 0 aliphatic heterocycles. The predicted molar refractivity (Wildman–Crippen MR) is 107 cm³/mol. The highest BCUT2D eigenvalue weighted by atomic mass is 19.1. The van der Waals surface area contributed by atoms with Crippen molar-refractivity contribution in [2.24, 2.45) is 0 Å². The average molecular weight is 395 g/mol. The van der Waals surface area contributed by atoms with E-state index in [0.29, 0.717) is 31.3 Å². The van der Waals surface area contributed by atoms with Crippen LogP contribution in [-0.2, 0) is 30.7 Å². The predicted octanol–water partition coefficient (Wildman–Crippen LogP) is 3.22. The molecule has 1 aromatic heterocycles. The fourth-order valence-corrected chi connectivity index (χ4v) is 4.08. The lowest BCUT2D eigenvalue weighted by atomic mass is 9.91. The van der Waals surface area contributed by atoms with Crippen molar-refractivity contribution in [3.63, 3.8) is 0 Å². The molecule has 0 saturated carbocycles. The number of halogens is 1. The SMILES string of the molecule is O=C(O)Cn1c2c(c3cc(F)ccc31)C[C@@H](NC(=O)NCc1ccccc1)CC2. The highest BCUT2D eigenvalue weighted by molar-refractivity contribution is 5.87. The van der Waals surface area contributed by atoms with E-state index in [-0.39, 0.29) is 24.4 Å². The van der Waals surface area contributed by atoms with Crippen molar-refractivity contribution >= 4 is 22.9 Å². The Morgan fingerprint density at radius 3 is 2.72 bits per heavy atom. The lowest BCUT2D eigenvalue weighted by Gasteiger charge is -2.25. The number of carboxylic acid groups (broad SMARTS) is 1. The number of carbonyl (C=O) groups excluding carboxylic acids is 1. The van der Waals surface area contributed by atoms with Gasteiger partial charge < -0.3 is 20.3 Å². The quantitative estimate of drug-likeness (QED) is 0.620. The molecule has 29 heavy (non-hydrogen) atoms. The zero-order valence-corrected chi connectivity index (χ0v) is 15.8. The Kier molecular flexibility index (Phi) is 5.20. The molecule has 150 valence electrons. The molecule has 1 aliphatic rings. The minimum Gasteiger partial charge on any atom is -0.480 e. The molecular formula is C22H22FN3O3. The van der Waals surface area contributed by atoms with Crippen molar-refractivity contribution in [1.82, 2.24) is 15.2 Å². The van der Waals surface area contributed by atoms with Crippen LogP contribution in [0.1, 0.15) is 23.2 Å².